The van der Waals surface area contributed by atoms with Crippen LogP contribution in [-0.2, 0) is 6.42 Å². The lowest BCUT2D eigenvalue weighted by Crippen LogP contribution is -2.30. The van der Waals surface area contributed by atoms with E-state index in [1.807, 2.05) is 6.07 Å². The average Bonchev–Trinajstić information content (AvgIpc) is 2.21. The molecular formula is C10H9BrF2N2. The zero-order valence-electron chi connectivity index (χ0n) is 7.80. The highest BCUT2D eigenvalue weighted by Gasteiger charge is 2.28. The standard InChI is InChI=1S/C10H9BrF2N2/c11-9-2-1-7(5-14)3-8(9)4-10(12,13)6-15/h1-3H,4,6,15H2. The summed E-state index contributed by atoms with van der Waals surface area (Å²) in [6, 6.07) is 6.49. The second kappa shape index (κ2) is 4.69. The van der Waals surface area contributed by atoms with Crippen LogP contribution in [0.1, 0.15) is 11.1 Å². The van der Waals surface area contributed by atoms with Gasteiger partial charge >= 0.3 is 0 Å². The molecule has 0 aliphatic heterocycles. The second-order valence-corrected chi connectivity index (χ2v) is 4.01. The summed E-state index contributed by atoms with van der Waals surface area (Å²) >= 11 is 3.16. The summed E-state index contributed by atoms with van der Waals surface area (Å²) in [4.78, 5) is 0. The third-order valence-electron chi connectivity index (χ3n) is 1.92. The van der Waals surface area contributed by atoms with Gasteiger partial charge in [-0.1, -0.05) is 15.9 Å². The van der Waals surface area contributed by atoms with E-state index >= 15 is 0 Å². The fourth-order valence-corrected chi connectivity index (χ4v) is 1.52. The zero-order chi connectivity index (χ0) is 11.5. The van der Waals surface area contributed by atoms with E-state index in [-0.39, 0.29) is 0 Å². The Balaban J connectivity index is 2.99. The van der Waals surface area contributed by atoms with Crippen molar-refractivity contribution in [2.24, 2.45) is 5.73 Å². The van der Waals surface area contributed by atoms with Crippen LogP contribution in [0.15, 0.2) is 22.7 Å². The van der Waals surface area contributed by atoms with Gasteiger partial charge in [-0.2, -0.15) is 5.26 Å². The van der Waals surface area contributed by atoms with Gasteiger partial charge in [-0.15, -0.1) is 0 Å². The Labute approximate surface area is 94.8 Å². The van der Waals surface area contributed by atoms with Gasteiger partial charge < -0.3 is 5.73 Å². The van der Waals surface area contributed by atoms with Crippen LogP contribution in [0.3, 0.4) is 0 Å². The molecular weight excluding hydrogens is 266 g/mol. The predicted molar refractivity (Wildman–Crippen MR) is 56.6 cm³/mol. The van der Waals surface area contributed by atoms with Crippen molar-refractivity contribution in [1.82, 2.24) is 0 Å². The Bertz CT molecular complexity index is 399. The lowest BCUT2D eigenvalue weighted by atomic mass is 10.0. The third-order valence-corrected chi connectivity index (χ3v) is 2.70. The van der Waals surface area contributed by atoms with Crippen LogP contribution >= 0.6 is 15.9 Å². The van der Waals surface area contributed by atoms with Crippen LogP contribution < -0.4 is 5.73 Å². The number of rotatable bonds is 3. The Morgan fingerprint density at radius 2 is 2.13 bits per heavy atom. The largest absolute Gasteiger partial charge is 0.325 e. The Kier molecular flexibility index (Phi) is 3.77. The van der Waals surface area contributed by atoms with E-state index in [4.69, 9.17) is 11.0 Å². The van der Waals surface area contributed by atoms with Crippen molar-refractivity contribution < 1.29 is 8.78 Å². The molecule has 0 unspecified atom stereocenters. The second-order valence-electron chi connectivity index (χ2n) is 3.15. The molecule has 1 aromatic carbocycles. The molecule has 0 amide bonds. The summed E-state index contributed by atoms with van der Waals surface area (Å²) < 4.78 is 26.6. The van der Waals surface area contributed by atoms with Gasteiger partial charge in [-0.05, 0) is 23.8 Å². The molecule has 2 N–H and O–H groups in total. The molecule has 0 spiro atoms. The Morgan fingerprint density at radius 1 is 1.47 bits per heavy atom. The molecule has 0 aliphatic rings. The van der Waals surface area contributed by atoms with E-state index in [1.54, 1.807) is 12.1 Å². The Morgan fingerprint density at radius 3 is 2.67 bits per heavy atom. The van der Waals surface area contributed by atoms with Crippen LogP contribution in [-0.4, -0.2) is 12.5 Å². The van der Waals surface area contributed by atoms with Gasteiger partial charge in [0.05, 0.1) is 18.2 Å². The van der Waals surface area contributed by atoms with Crippen molar-refractivity contribution in [3.05, 3.63) is 33.8 Å². The van der Waals surface area contributed by atoms with Crippen molar-refractivity contribution in [3.63, 3.8) is 0 Å². The van der Waals surface area contributed by atoms with Crippen molar-refractivity contribution in [2.75, 3.05) is 6.54 Å². The van der Waals surface area contributed by atoms with Crippen LogP contribution in [0.5, 0.6) is 0 Å². The van der Waals surface area contributed by atoms with Crippen LogP contribution in [0.4, 0.5) is 8.78 Å². The highest BCUT2D eigenvalue weighted by atomic mass is 79.9. The summed E-state index contributed by atoms with van der Waals surface area (Å²) in [5.41, 5.74) is 5.70. The molecule has 0 saturated heterocycles. The Hall–Kier alpha value is -0.990. The number of halogens is 3. The first-order valence-electron chi connectivity index (χ1n) is 4.25. The summed E-state index contributed by atoms with van der Waals surface area (Å²) in [7, 11) is 0. The summed E-state index contributed by atoms with van der Waals surface area (Å²) in [5, 5.41) is 8.63. The topological polar surface area (TPSA) is 49.8 Å². The van der Waals surface area contributed by atoms with Gasteiger partial charge in [0.2, 0.25) is 0 Å². The SMILES string of the molecule is N#Cc1ccc(Br)c(CC(F)(F)CN)c1. The molecule has 80 valence electrons. The van der Waals surface area contributed by atoms with Crippen molar-refractivity contribution in [2.45, 2.75) is 12.3 Å². The first kappa shape index (κ1) is 12.1. The third kappa shape index (κ3) is 3.26. The molecule has 0 heterocycles. The first-order chi connectivity index (χ1) is 6.98. The molecule has 5 heteroatoms. The van der Waals surface area contributed by atoms with Gasteiger partial charge in [0, 0.05) is 10.9 Å². The average molecular weight is 275 g/mol. The maximum atomic E-state index is 13.0. The number of nitrogens with two attached hydrogens (primary N) is 1. The monoisotopic (exact) mass is 274 g/mol. The molecule has 2 nitrogen and oxygen atoms in total. The molecule has 0 atom stereocenters. The van der Waals surface area contributed by atoms with E-state index < -0.39 is 18.9 Å². The molecule has 0 aromatic heterocycles. The lowest BCUT2D eigenvalue weighted by molar-refractivity contribution is 0.0113. The summed E-state index contributed by atoms with van der Waals surface area (Å²) in [5.74, 6) is -2.93. The first-order valence-corrected chi connectivity index (χ1v) is 5.04. The highest BCUT2D eigenvalue weighted by molar-refractivity contribution is 9.10. The lowest BCUT2D eigenvalue weighted by Gasteiger charge is -2.14. The zero-order valence-corrected chi connectivity index (χ0v) is 9.39. The van der Waals surface area contributed by atoms with Crippen molar-refractivity contribution >= 4 is 15.9 Å². The number of hydrogen-bond donors (Lipinski definition) is 1. The van der Waals surface area contributed by atoms with E-state index in [1.165, 1.54) is 6.07 Å². The number of alkyl halides is 2. The molecule has 1 rings (SSSR count). The van der Waals surface area contributed by atoms with Gasteiger partial charge in [0.25, 0.3) is 5.92 Å². The summed E-state index contributed by atoms with van der Waals surface area (Å²) in [6.07, 6.45) is -0.459. The van der Waals surface area contributed by atoms with E-state index in [0.29, 0.717) is 15.6 Å². The summed E-state index contributed by atoms with van der Waals surface area (Å²) in [6.45, 7) is -0.698. The van der Waals surface area contributed by atoms with Crippen LogP contribution in [0, 0.1) is 11.3 Å². The molecule has 1 aromatic rings. The highest BCUT2D eigenvalue weighted by Crippen LogP contribution is 2.25. The van der Waals surface area contributed by atoms with E-state index in [0.717, 1.165) is 0 Å². The van der Waals surface area contributed by atoms with Gasteiger partial charge in [0.1, 0.15) is 0 Å². The maximum Gasteiger partial charge on any atom is 0.264 e. The number of nitriles is 1. The maximum absolute atomic E-state index is 13.0. The quantitative estimate of drug-likeness (QED) is 0.921. The van der Waals surface area contributed by atoms with Crippen LogP contribution in [0.25, 0.3) is 0 Å². The van der Waals surface area contributed by atoms with Gasteiger partial charge in [-0.25, -0.2) is 8.78 Å². The van der Waals surface area contributed by atoms with E-state index in [9.17, 15) is 8.78 Å². The molecule has 0 radical (unpaired) electrons. The molecule has 0 bridgehead atoms. The molecule has 0 saturated carbocycles. The van der Waals surface area contributed by atoms with E-state index in [2.05, 4.69) is 15.9 Å². The smallest absolute Gasteiger partial charge is 0.264 e. The predicted octanol–water partition coefficient (Wildman–Crippen LogP) is 2.46. The number of nitrogens with zero attached hydrogens (tertiary/aromatic N) is 1. The minimum absolute atomic E-state index is 0.362. The van der Waals surface area contributed by atoms with Crippen molar-refractivity contribution in [3.8, 4) is 6.07 Å². The fraction of sp³-hybridized carbons (Fsp3) is 0.300. The molecule has 0 fully saturated rings. The molecule has 15 heavy (non-hydrogen) atoms. The minimum atomic E-state index is -2.93. The fourth-order valence-electron chi connectivity index (χ4n) is 1.13. The number of benzene rings is 1. The normalized spacial score (nSPS) is 11.1. The van der Waals surface area contributed by atoms with Gasteiger partial charge in [-0.3, -0.25) is 0 Å². The van der Waals surface area contributed by atoms with Gasteiger partial charge in [0.15, 0.2) is 0 Å². The van der Waals surface area contributed by atoms with Crippen LogP contribution in [0.2, 0.25) is 0 Å². The number of hydrogen-bond acceptors (Lipinski definition) is 2. The molecule has 0 aliphatic carbocycles. The van der Waals surface area contributed by atoms with Crippen molar-refractivity contribution in [1.29, 1.82) is 5.26 Å². The minimum Gasteiger partial charge on any atom is -0.325 e.